The minimum absolute atomic E-state index is 0.0997. The number of hydrogen-bond acceptors (Lipinski definition) is 2. The first-order chi connectivity index (χ1) is 6.60. The van der Waals surface area contributed by atoms with Gasteiger partial charge in [-0.2, -0.15) is 0 Å². The van der Waals surface area contributed by atoms with Crippen LogP contribution in [0.3, 0.4) is 0 Å². The lowest BCUT2D eigenvalue weighted by Crippen LogP contribution is -2.28. The Balaban J connectivity index is 3.44. The van der Waals surface area contributed by atoms with Crippen LogP contribution >= 0.6 is 0 Å². The van der Waals surface area contributed by atoms with Crippen molar-refractivity contribution in [3.63, 3.8) is 0 Å². The Morgan fingerprint density at radius 1 is 1.36 bits per heavy atom. The van der Waals surface area contributed by atoms with Crippen LogP contribution in [-0.2, 0) is 4.79 Å². The van der Waals surface area contributed by atoms with Crippen LogP contribution in [-0.4, -0.2) is 23.7 Å². The minimum atomic E-state index is -0.279. The average Bonchev–Trinajstić information content (AvgIpc) is 2.17. The lowest BCUT2D eigenvalue weighted by atomic mass is 10.1. The molecule has 0 aliphatic rings. The second-order valence-corrected chi connectivity index (χ2v) is 3.92. The van der Waals surface area contributed by atoms with E-state index in [-0.39, 0.29) is 12.0 Å². The van der Waals surface area contributed by atoms with E-state index in [1.54, 1.807) is 0 Å². The van der Waals surface area contributed by atoms with Crippen molar-refractivity contribution in [3.8, 4) is 0 Å². The molecule has 0 saturated carbocycles. The fraction of sp³-hybridized carbons (Fsp3) is 0.909. The van der Waals surface area contributed by atoms with E-state index in [0.29, 0.717) is 25.3 Å². The summed E-state index contributed by atoms with van der Waals surface area (Å²) in [6.45, 7) is 6.68. The molecule has 2 N–H and O–H groups in total. The molecule has 84 valence electrons. The van der Waals surface area contributed by atoms with Crippen molar-refractivity contribution in [3.05, 3.63) is 0 Å². The molecule has 0 aromatic rings. The van der Waals surface area contributed by atoms with Crippen molar-refractivity contribution >= 4 is 5.91 Å². The van der Waals surface area contributed by atoms with E-state index in [1.807, 2.05) is 6.92 Å². The highest BCUT2D eigenvalue weighted by Crippen LogP contribution is 2.05. The quantitative estimate of drug-likeness (QED) is 0.658. The summed E-state index contributed by atoms with van der Waals surface area (Å²) in [6, 6.07) is 0. The zero-order valence-corrected chi connectivity index (χ0v) is 9.55. The predicted molar refractivity (Wildman–Crippen MR) is 58.0 cm³/mol. The van der Waals surface area contributed by atoms with E-state index >= 15 is 0 Å². The second-order valence-electron chi connectivity index (χ2n) is 3.92. The third kappa shape index (κ3) is 6.89. The number of aliphatic hydroxyl groups is 1. The van der Waals surface area contributed by atoms with Crippen LogP contribution in [0.5, 0.6) is 0 Å². The molecule has 0 radical (unpaired) electrons. The number of aliphatic hydroxyl groups excluding tert-OH is 1. The Bertz CT molecular complexity index is 159. The van der Waals surface area contributed by atoms with Crippen molar-refractivity contribution in [1.82, 2.24) is 5.32 Å². The molecule has 0 aliphatic heterocycles. The summed E-state index contributed by atoms with van der Waals surface area (Å²) in [5, 5.41) is 12.1. The molecule has 0 heterocycles. The summed E-state index contributed by atoms with van der Waals surface area (Å²) in [6.07, 6.45) is 2.76. The van der Waals surface area contributed by atoms with Gasteiger partial charge in [0.25, 0.3) is 0 Å². The van der Waals surface area contributed by atoms with Gasteiger partial charge in [0.1, 0.15) is 0 Å². The summed E-state index contributed by atoms with van der Waals surface area (Å²) >= 11 is 0. The van der Waals surface area contributed by atoms with Crippen molar-refractivity contribution < 1.29 is 9.90 Å². The largest absolute Gasteiger partial charge is 0.393 e. The lowest BCUT2D eigenvalue weighted by molar-refractivity contribution is -0.122. The third-order valence-electron chi connectivity index (χ3n) is 2.50. The highest BCUT2D eigenvalue weighted by molar-refractivity contribution is 5.76. The molecule has 0 bridgehead atoms. The van der Waals surface area contributed by atoms with Crippen LogP contribution in [0.1, 0.15) is 46.5 Å². The van der Waals surface area contributed by atoms with Crippen molar-refractivity contribution in [2.75, 3.05) is 6.54 Å². The minimum Gasteiger partial charge on any atom is -0.393 e. The number of hydrogen-bond donors (Lipinski definition) is 2. The van der Waals surface area contributed by atoms with Crippen molar-refractivity contribution in [1.29, 1.82) is 0 Å². The Hall–Kier alpha value is -0.570. The fourth-order valence-corrected chi connectivity index (χ4v) is 1.12. The van der Waals surface area contributed by atoms with Crippen molar-refractivity contribution in [2.45, 2.75) is 52.6 Å². The molecule has 0 aromatic heterocycles. The molecule has 14 heavy (non-hydrogen) atoms. The van der Waals surface area contributed by atoms with E-state index in [1.165, 1.54) is 0 Å². The van der Waals surface area contributed by atoms with Gasteiger partial charge in [0.15, 0.2) is 0 Å². The monoisotopic (exact) mass is 201 g/mol. The molecule has 2 atom stereocenters. The van der Waals surface area contributed by atoms with E-state index in [9.17, 15) is 9.90 Å². The first-order valence-electron chi connectivity index (χ1n) is 5.54. The maximum atomic E-state index is 11.3. The zero-order valence-electron chi connectivity index (χ0n) is 9.55. The molecule has 0 aromatic carbocycles. The Morgan fingerprint density at radius 2 is 2.00 bits per heavy atom. The van der Waals surface area contributed by atoms with Crippen LogP contribution in [0.15, 0.2) is 0 Å². The molecule has 3 heteroatoms. The highest BCUT2D eigenvalue weighted by Gasteiger charge is 2.07. The SMILES string of the molecule is CCC(C)CC(=O)NCCC(O)CC. The summed E-state index contributed by atoms with van der Waals surface area (Å²) in [5.41, 5.74) is 0. The van der Waals surface area contributed by atoms with Gasteiger partial charge in [-0.15, -0.1) is 0 Å². The Labute approximate surface area is 86.9 Å². The van der Waals surface area contributed by atoms with Crippen molar-refractivity contribution in [2.24, 2.45) is 5.92 Å². The van der Waals surface area contributed by atoms with Gasteiger partial charge in [0.2, 0.25) is 5.91 Å². The van der Waals surface area contributed by atoms with Crippen LogP contribution in [0, 0.1) is 5.92 Å². The summed E-state index contributed by atoms with van der Waals surface area (Å²) in [4.78, 5) is 11.3. The van der Waals surface area contributed by atoms with Gasteiger partial charge in [0.05, 0.1) is 6.10 Å². The molecule has 1 amide bonds. The Kier molecular flexibility index (Phi) is 7.48. The smallest absolute Gasteiger partial charge is 0.220 e. The van der Waals surface area contributed by atoms with E-state index < -0.39 is 0 Å². The van der Waals surface area contributed by atoms with Gasteiger partial charge in [-0.3, -0.25) is 4.79 Å². The van der Waals surface area contributed by atoms with Gasteiger partial charge in [0, 0.05) is 13.0 Å². The summed E-state index contributed by atoms with van der Waals surface area (Å²) in [7, 11) is 0. The van der Waals surface area contributed by atoms with Crippen LogP contribution in [0.4, 0.5) is 0 Å². The van der Waals surface area contributed by atoms with E-state index in [2.05, 4.69) is 19.2 Å². The average molecular weight is 201 g/mol. The van der Waals surface area contributed by atoms with Gasteiger partial charge >= 0.3 is 0 Å². The molecule has 0 rings (SSSR count). The molecular weight excluding hydrogens is 178 g/mol. The number of carbonyl (C=O) groups excluding carboxylic acids is 1. The van der Waals surface area contributed by atoms with E-state index in [0.717, 1.165) is 12.8 Å². The normalized spacial score (nSPS) is 14.9. The summed E-state index contributed by atoms with van der Waals surface area (Å²) in [5.74, 6) is 0.550. The first kappa shape index (κ1) is 13.4. The zero-order chi connectivity index (χ0) is 11.0. The number of nitrogens with one attached hydrogen (secondary N) is 1. The Morgan fingerprint density at radius 3 is 2.50 bits per heavy atom. The van der Waals surface area contributed by atoms with Gasteiger partial charge in [-0.25, -0.2) is 0 Å². The third-order valence-corrected chi connectivity index (χ3v) is 2.50. The number of rotatable bonds is 7. The van der Waals surface area contributed by atoms with Crippen LogP contribution in [0.25, 0.3) is 0 Å². The summed E-state index contributed by atoms with van der Waals surface area (Å²) < 4.78 is 0. The topological polar surface area (TPSA) is 49.3 Å². The lowest BCUT2D eigenvalue weighted by Gasteiger charge is -2.10. The first-order valence-corrected chi connectivity index (χ1v) is 5.54. The maximum Gasteiger partial charge on any atom is 0.220 e. The molecule has 0 aliphatic carbocycles. The molecule has 0 saturated heterocycles. The number of carbonyl (C=O) groups is 1. The van der Waals surface area contributed by atoms with Crippen LogP contribution < -0.4 is 5.32 Å². The van der Waals surface area contributed by atoms with Gasteiger partial charge in [-0.05, 0) is 18.8 Å². The molecule has 0 fully saturated rings. The second kappa shape index (κ2) is 7.80. The molecule has 3 nitrogen and oxygen atoms in total. The molecule has 0 spiro atoms. The highest BCUT2D eigenvalue weighted by atomic mass is 16.3. The fourth-order valence-electron chi connectivity index (χ4n) is 1.12. The standard InChI is InChI=1S/C11H23NO2/c1-4-9(3)8-11(14)12-7-6-10(13)5-2/h9-10,13H,4-8H2,1-3H3,(H,12,14). The molecular formula is C11H23NO2. The predicted octanol–water partition coefficient (Wildman–Crippen LogP) is 1.70. The molecule has 2 unspecified atom stereocenters. The number of amides is 1. The van der Waals surface area contributed by atoms with Gasteiger partial charge in [-0.1, -0.05) is 27.2 Å². The van der Waals surface area contributed by atoms with Gasteiger partial charge < -0.3 is 10.4 Å². The van der Waals surface area contributed by atoms with E-state index in [4.69, 9.17) is 0 Å². The maximum absolute atomic E-state index is 11.3. The van der Waals surface area contributed by atoms with Crippen LogP contribution in [0.2, 0.25) is 0 Å².